The average Bonchev–Trinajstić information content (AvgIpc) is 2.40. The molecule has 6 nitrogen and oxygen atoms in total. The van der Waals surface area contributed by atoms with Gasteiger partial charge in [0.25, 0.3) is 0 Å². The summed E-state index contributed by atoms with van der Waals surface area (Å²) in [6, 6.07) is 72.1. The number of ketones is 2. The van der Waals surface area contributed by atoms with Crippen molar-refractivity contribution in [3.8, 4) is 44.5 Å². The van der Waals surface area contributed by atoms with Gasteiger partial charge in [-0.1, -0.05) is 176 Å². The number of nitrogens with zero attached hydrogens (tertiary/aromatic N) is 2. The first kappa shape index (κ1) is 43.2. The fraction of sp³-hybridized carbons (Fsp3) is 0.0556. The molecule has 19 rings (SSSR count). The number of hydrogen-bond acceptors (Lipinski definition) is 4. The molecule has 0 radical (unpaired) electrons. The van der Waals surface area contributed by atoms with Crippen LogP contribution in [0.4, 0.5) is 0 Å². The molecule has 5 heterocycles. The van der Waals surface area contributed by atoms with Crippen LogP contribution in [-0.2, 0) is 9.59 Å². The highest BCUT2D eigenvalue weighted by Gasteiger charge is 2.56. The van der Waals surface area contributed by atoms with Gasteiger partial charge >= 0.3 is 0 Å². The van der Waals surface area contributed by atoms with Gasteiger partial charge in [-0.3, -0.25) is 9.59 Å². The van der Waals surface area contributed by atoms with Crippen molar-refractivity contribution < 1.29 is 9.59 Å². The van der Waals surface area contributed by atoms with Crippen LogP contribution >= 0.6 is 0 Å². The summed E-state index contributed by atoms with van der Waals surface area (Å²) < 4.78 is 0. The third kappa shape index (κ3) is 5.97. The normalized spacial score (nSPS) is 18.6. The third-order valence-corrected chi connectivity index (χ3v) is 17.5. The van der Waals surface area contributed by atoms with E-state index in [-0.39, 0.29) is 23.4 Å². The lowest BCUT2D eigenvalue weighted by Crippen LogP contribution is -2.43. The van der Waals surface area contributed by atoms with Gasteiger partial charge in [-0.15, -0.1) is 0 Å². The molecular weight excluding hydrogens is 953 g/mol. The largest absolute Gasteiger partial charge is 0.354 e. The standard InChI is InChI=1S/C72H44N4O2/c77-71-67-63-43-22-10-12-24-45(43)64(46-25-13-11-23-44(46)63)68(67)72(78)70-66-48-27-15-14-26-47(48)65(69(70)71)49-29-28-42(38-50(49)66)62-57-36-34-55(75-57)60(40-18-6-2-7-19-40)53-32-30-51(73-53)59(39-16-4-1-5-17-39)52-31-33-54(74-52)61(41-20-8-3-9-21-41)56-35-37-58(62)76-56/h1-38,63-66,73,76H. The van der Waals surface area contributed by atoms with Gasteiger partial charge in [0.05, 0.1) is 22.8 Å². The van der Waals surface area contributed by atoms with Gasteiger partial charge < -0.3 is 9.97 Å². The zero-order chi connectivity index (χ0) is 51.3. The van der Waals surface area contributed by atoms with Crippen molar-refractivity contribution in [3.05, 3.63) is 296 Å². The summed E-state index contributed by atoms with van der Waals surface area (Å²) in [5.74, 6) is -1.44. The van der Waals surface area contributed by atoms with Gasteiger partial charge in [0, 0.05) is 90.3 Å². The Morgan fingerprint density at radius 2 is 0.538 bits per heavy atom. The quantitative estimate of drug-likeness (QED) is 0.172. The number of hydrogen-bond donors (Lipinski definition) is 2. The van der Waals surface area contributed by atoms with Crippen molar-refractivity contribution in [1.29, 1.82) is 0 Å². The Kier molecular flexibility index (Phi) is 9.00. The van der Waals surface area contributed by atoms with Gasteiger partial charge in [-0.25, -0.2) is 9.97 Å². The van der Waals surface area contributed by atoms with Gasteiger partial charge in [0.1, 0.15) is 0 Å². The van der Waals surface area contributed by atoms with Crippen LogP contribution in [0.3, 0.4) is 0 Å². The molecule has 3 aromatic heterocycles. The molecule has 364 valence electrons. The van der Waals surface area contributed by atoms with E-state index in [9.17, 15) is 0 Å². The number of aromatic nitrogens is 4. The van der Waals surface area contributed by atoms with E-state index in [1.54, 1.807) is 0 Å². The number of H-pyrrole nitrogens is 2. The molecule has 7 aliphatic carbocycles. The van der Waals surface area contributed by atoms with Crippen molar-refractivity contribution in [2.45, 2.75) is 23.7 Å². The topological polar surface area (TPSA) is 91.5 Å². The maximum atomic E-state index is 16.0. The second kappa shape index (κ2) is 16.2. The van der Waals surface area contributed by atoms with Crippen molar-refractivity contribution >= 4 is 57.9 Å². The van der Waals surface area contributed by atoms with Gasteiger partial charge in [0.2, 0.25) is 0 Å². The first-order chi connectivity index (χ1) is 38.6. The first-order valence-corrected chi connectivity index (χ1v) is 26.9. The number of aromatic amines is 2. The third-order valence-electron chi connectivity index (χ3n) is 17.5. The van der Waals surface area contributed by atoms with E-state index in [2.05, 4.69) is 222 Å². The van der Waals surface area contributed by atoms with Crippen LogP contribution in [0.25, 0.3) is 90.9 Å². The van der Waals surface area contributed by atoms with Crippen molar-refractivity contribution in [3.63, 3.8) is 0 Å². The second-order valence-corrected chi connectivity index (χ2v) is 21.4. The summed E-state index contributed by atoms with van der Waals surface area (Å²) in [5.41, 5.74) is 26.4. The number of benzene rings is 7. The van der Waals surface area contributed by atoms with E-state index >= 15 is 9.59 Å². The fourth-order valence-corrected chi connectivity index (χ4v) is 14.4. The predicted octanol–water partition coefficient (Wildman–Crippen LogP) is 16.0. The van der Waals surface area contributed by atoms with Crippen LogP contribution in [0.2, 0.25) is 0 Å². The molecule has 9 aliphatic rings. The Bertz CT molecular complexity index is 4580. The summed E-state index contributed by atoms with van der Waals surface area (Å²) in [5, 5.41) is 0. The molecule has 2 unspecified atom stereocenters. The van der Waals surface area contributed by atoms with E-state index in [0.717, 1.165) is 134 Å². The van der Waals surface area contributed by atoms with Crippen molar-refractivity contribution in [2.24, 2.45) is 0 Å². The van der Waals surface area contributed by atoms with E-state index in [1.165, 1.54) is 0 Å². The van der Waals surface area contributed by atoms with E-state index < -0.39 is 11.8 Å². The zero-order valence-electron chi connectivity index (χ0n) is 42.0. The first-order valence-electron chi connectivity index (χ1n) is 26.9. The van der Waals surface area contributed by atoms with E-state index in [4.69, 9.17) is 9.97 Å². The predicted molar refractivity (Wildman–Crippen MR) is 311 cm³/mol. The summed E-state index contributed by atoms with van der Waals surface area (Å²) in [6.45, 7) is 0. The molecule has 2 atom stereocenters. The maximum Gasteiger partial charge on any atom is 0.187 e. The van der Waals surface area contributed by atoms with Crippen LogP contribution in [0, 0.1) is 0 Å². The number of nitrogens with one attached hydrogen (secondary N) is 2. The van der Waals surface area contributed by atoms with Crippen LogP contribution in [0.15, 0.2) is 229 Å². The molecular formula is C72H44N4O2. The molecule has 0 fully saturated rings. The summed E-state index contributed by atoms with van der Waals surface area (Å²) in [4.78, 5) is 50.7. The SMILES string of the molecule is O=C1C2=C(C(=O)C3=C1C1c4ccccc4C3c3cc(-c4c5nc(c(-c6ccccc6)c6ccc([nH]6)c(-c6ccccc6)c6nc(c(-c7ccccc7)c7ccc4[nH]7)C=C6)C=C5)ccc31)C1c3ccccc3C2c2ccccc21. The van der Waals surface area contributed by atoms with Crippen LogP contribution < -0.4 is 0 Å². The number of fused-ring (bicyclic) bond motifs is 8. The number of allylic oxidation sites excluding steroid dienone is 4. The lowest BCUT2D eigenvalue weighted by molar-refractivity contribution is -0.117. The maximum absolute atomic E-state index is 16.0. The van der Waals surface area contributed by atoms with Gasteiger partial charge in [0.15, 0.2) is 11.6 Å². The fourth-order valence-electron chi connectivity index (χ4n) is 14.4. The average molecular weight is 997 g/mol. The minimum absolute atomic E-state index is 0.00563. The van der Waals surface area contributed by atoms with Crippen molar-refractivity contribution in [1.82, 2.24) is 19.9 Å². The molecule has 0 spiro atoms. The van der Waals surface area contributed by atoms with Gasteiger partial charge in [-0.05, 0) is 121 Å². The Morgan fingerprint density at radius 1 is 0.269 bits per heavy atom. The molecule has 0 saturated heterocycles. The molecule has 78 heavy (non-hydrogen) atoms. The van der Waals surface area contributed by atoms with Gasteiger partial charge in [-0.2, -0.15) is 0 Å². The van der Waals surface area contributed by atoms with Crippen LogP contribution in [0.1, 0.15) is 91.0 Å². The molecule has 0 saturated carbocycles. The second-order valence-electron chi connectivity index (χ2n) is 21.4. The zero-order valence-corrected chi connectivity index (χ0v) is 42.0. The molecule has 7 aromatic carbocycles. The number of rotatable bonds is 4. The Balaban J connectivity index is 0.917. The summed E-state index contributed by atoms with van der Waals surface area (Å²) >= 11 is 0. The molecule has 2 N–H and O–H groups in total. The van der Waals surface area contributed by atoms with Crippen LogP contribution in [-0.4, -0.2) is 31.5 Å². The highest BCUT2D eigenvalue weighted by atomic mass is 16.1. The highest BCUT2D eigenvalue weighted by Crippen LogP contribution is 2.64. The Morgan fingerprint density at radius 3 is 0.859 bits per heavy atom. The minimum Gasteiger partial charge on any atom is -0.354 e. The smallest absolute Gasteiger partial charge is 0.187 e. The summed E-state index contributed by atoms with van der Waals surface area (Å²) in [6.07, 6.45) is 8.53. The Hall–Kier alpha value is -10.0. The lowest BCUT2D eigenvalue weighted by atomic mass is 9.51. The number of carbonyl (C=O) groups is 2. The monoisotopic (exact) mass is 996 g/mol. The van der Waals surface area contributed by atoms with E-state index in [0.29, 0.717) is 22.3 Å². The number of Topliss-reactive ketones (excluding diaryl/α,β-unsaturated/α-hetero) is 2. The van der Waals surface area contributed by atoms with E-state index in [1.807, 2.05) is 18.2 Å². The van der Waals surface area contributed by atoms with Crippen molar-refractivity contribution in [2.75, 3.05) is 0 Å². The summed E-state index contributed by atoms with van der Waals surface area (Å²) in [7, 11) is 0. The van der Waals surface area contributed by atoms with Crippen LogP contribution in [0.5, 0.6) is 0 Å². The molecule has 10 aromatic rings. The highest BCUT2D eigenvalue weighted by molar-refractivity contribution is 6.30. The molecule has 2 aliphatic heterocycles. The Labute approximate surface area is 449 Å². The lowest BCUT2D eigenvalue weighted by Gasteiger charge is -2.49. The molecule has 6 heteroatoms. The number of carbonyl (C=O) groups excluding carboxylic acids is 2. The molecule has 0 amide bonds. The minimum atomic E-state index is -0.449. The molecule has 12 bridgehead atoms.